The highest BCUT2D eigenvalue weighted by molar-refractivity contribution is 5.75. The smallest absolute Gasteiger partial charge is 0.410 e. The van der Waals surface area contributed by atoms with Gasteiger partial charge in [-0.25, -0.2) is 4.79 Å². The molecule has 0 bridgehead atoms. The molecule has 0 aromatic carbocycles. The predicted molar refractivity (Wildman–Crippen MR) is 65.9 cm³/mol. The van der Waals surface area contributed by atoms with Gasteiger partial charge in [-0.3, -0.25) is 0 Å². The molecule has 98 valence electrons. The van der Waals surface area contributed by atoms with Gasteiger partial charge in [0, 0.05) is 19.0 Å². The Morgan fingerprint density at radius 2 is 2.00 bits per heavy atom. The minimum absolute atomic E-state index is 0.175. The fraction of sp³-hybridized carbons (Fsp3) is 0.846. The minimum atomic E-state index is -0.454. The van der Waals surface area contributed by atoms with Crippen LogP contribution in [-0.2, 0) is 9.53 Å². The highest BCUT2D eigenvalue weighted by Crippen LogP contribution is 2.23. The summed E-state index contributed by atoms with van der Waals surface area (Å²) in [4.78, 5) is 24.7. The summed E-state index contributed by atoms with van der Waals surface area (Å²) in [5, 5.41) is 0. The lowest BCUT2D eigenvalue weighted by Gasteiger charge is -2.28. The van der Waals surface area contributed by atoms with Gasteiger partial charge in [0.05, 0.1) is 0 Å². The van der Waals surface area contributed by atoms with E-state index in [0.29, 0.717) is 6.42 Å². The molecule has 0 aromatic heterocycles. The van der Waals surface area contributed by atoms with E-state index >= 15 is 0 Å². The van der Waals surface area contributed by atoms with Crippen molar-refractivity contribution in [2.45, 2.75) is 65.0 Å². The highest BCUT2D eigenvalue weighted by Gasteiger charge is 2.31. The van der Waals surface area contributed by atoms with Crippen molar-refractivity contribution < 1.29 is 14.3 Å². The van der Waals surface area contributed by atoms with Crippen molar-refractivity contribution in [1.82, 2.24) is 4.90 Å². The number of likely N-dealkylation sites (tertiary alicyclic amines) is 1. The van der Waals surface area contributed by atoms with Crippen LogP contribution in [-0.4, -0.2) is 35.0 Å². The van der Waals surface area contributed by atoms with Gasteiger partial charge in [0.15, 0.2) is 0 Å². The van der Waals surface area contributed by atoms with Gasteiger partial charge in [-0.15, -0.1) is 0 Å². The minimum Gasteiger partial charge on any atom is -0.444 e. The van der Waals surface area contributed by atoms with Crippen molar-refractivity contribution >= 4 is 11.9 Å². The fourth-order valence-electron chi connectivity index (χ4n) is 2.07. The number of amides is 1. The first-order chi connectivity index (χ1) is 7.79. The van der Waals surface area contributed by atoms with Gasteiger partial charge >= 0.3 is 6.09 Å². The molecule has 1 saturated heterocycles. The van der Waals surface area contributed by atoms with Crippen LogP contribution in [0.1, 0.15) is 53.4 Å². The summed E-state index contributed by atoms with van der Waals surface area (Å²) in [6.45, 7) is 7.94. The molecule has 0 N–H and O–H groups in total. The Bertz CT molecular complexity index is 294. The number of carbonyl (C=O) groups excluding carboxylic acids is 2. The van der Waals surface area contributed by atoms with Gasteiger partial charge in [-0.2, -0.15) is 0 Å². The van der Waals surface area contributed by atoms with E-state index in [0.717, 1.165) is 25.8 Å². The number of nitrogens with zero attached hydrogens (tertiary/aromatic N) is 1. The molecule has 0 aromatic rings. The molecule has 0 unspecified atom stereocenters. The van der Waals surface area contributed by atoms with Crippen LogP contribution in [0.4, 0.5) is 4.79 Å². The van der Waals surface area contributed by atoms with Crippen LogP contribution in [0.2, 0.25) is 0 Å². The summed E-state index contributed by atoms with van der Waals surface area (Å²) < 4.78 is 5.36. The molecule has 1 fully saturated rings. The molecule has 1 aliphatic heterocycles. The number of carbonyl (C=O) groups is 2. The molecule has 1 heterocycles. The van der Waals surface area contributed by atoms with E-state index in [9.17, 15) is 9.59 Å². The van der Waals surface area contributed by atoms with Gasteiger partial charge in [0.1, 0.15) is 11.4 Å². The number of hydrogen-bond acceptors (Lipinski definition) is 3. The molecule has 4 nitrogen and oxygen atoms in total. The SMILES string of the molecule is CC(=O)CC[C@H]1CCCN1C(=O)OC(C)(C)C. The van der Waals surface area contributed by atoms with Crippen LogP contribution < -0.4 is 0 Å². The summed E-state index contributed by atoms with van der Waals surface area (Å²) in [7, 11) is 0. The van der Waals surface area contributed by atoms with E-state index in [-0.39, 0.29) is 17.9 Å². The Kier molecular flexibility index (Phi) is 4.54. The highest BCUT2D eigenvalue weighted by atomic mass is 16.6. The number of ketones is 1. The third-order valence-corrected chi connectivity index (χ3v) is 2.83. The van der Waals surface area contributed by atoms with Gasteiger partial charge in [0.25, 0.3) is 0 Å². The van der Waals surface area contributed by atoms with Crippen molar-refractivity contribution in [3.05, 3.63) is 0 Å². The topological polar surface area (TPSA) is 46.6 Å². The van der Waals surface area contributed by atoms with Gasteiger partial charge < -0.3 is 14.4 Å². The Hall–Kier alpha value is -1.06. The Balaban J connectivity index is 2.51. The average Bonchev–Trinajstić information content (AvgIpc) is 2.59. The lowest BCUT2D eigenvalue weighted by atomic mass is 10.1. The number of Topliss-reactive ketones (excluding diaryl/α,β-unsaturated/α-hetero) is 1. The monoisotopic (exact) mass is 241 g/mol. The van der Waals surface area contributed by atoms with E-state index in [1.807, 2.05) is 20.8 Å². The molecule has 17 heavy (non-hydrogen) atoms. The molecule has 1 atom stereocenters. The molecule has 1 rings (SSSR count). The Morgan fingerprint density at radius 3 is 2.53 bits per heavy atom. The number of rotatable bonds is 3. The molecule has 0 aliphatic carbocycles. The van der Waals surface area contributed by atoms with Gasteiger partial charge in [-0.1, -0.05) is 0 Å². The molecular formula is C13H23NO3. The first kappa shape index (κ1) is 14.0. The van der Waals surface area contributed by atoms with E-state index in [1.165, 1.54) is 0 Å². The third kappa shape index (κ3) is 4.75. The molecule has 4 heteroatoms. The Labute approximate surface area is 103 Å². The quantitative estimate of drug-likeness (QED) is 0.763. The normalized spacial score (nSPS) is 20.5. The maximum absolute atomic E-state index is 11.9. The molecule has 0 spiro atoms. The van der Waals surface area contributed by atoms with E-state index in [1.54, 1.807) is 11.8 Å². The molecule has 0 radical (unpaired) electrons. The van der Waals surface area contributed by atoms with E-state index in [2.05, 4.69) is 0 Å². The summed E-state index contributed by atoms with van der Waals surface area (Å²) in [5.41, 5.74) is -0.454. The van der Waals surface area contributed by atoms with Crippen LogP contribution >= 0.6 is 0 Å². The van der Waals surface area contributed by atoms with Crippen molar-refractivity contribution in [3.8, 4) is 0 Å². The first-order valence-corrected chi connectivity index (χ1v) is 6.28. The predicted octanol–water partition coefficient (Wildman–Crippen LogP) is 2.76. The van der Waals surface area contributed by atoms with Crippen molar-refractivity contribution in [3.63, 3.8) is 0 Å². The van der Waals surface area contributed by atoms with E-state index in [4.69, 9.17) is 4.74 Å². The van der Waals surface area contributed by atoms with Crippen LogP contribution in [0, 0.1) is 0 Å². The number of hydrogen-bond donors (Lipinski definition) is 0. The van der Waals surface area contributed by atoms with Crippen LogP contribution in [0.3, 0.4) is 0 Å². The first-order valence-electron chi connectivity index (χ1n) is 6.28. The average molecular weight is 241 g/mol. The summed E-state index contributed by atoms with van der Waals surface area (Å²) >= 11 is 0. The van der Waals surface area contributed by atoms with Crippen LogP contribution in [0.15, 0.2) is 0 Å². The lowest BCUT2D eigenvalue weighted by Crippen LogP contribution is -2.39. The summed E-state index contributed by atoms with van der Waals surface area (Å²) in [6.07, 6.45) is 3.04. The van der Waals surface area contributed by atoms with Gasteiger partial charge in [-0.05, 0) is 47.0 Å². The van der Waals surface area contributed by atoms with Crippen molar-refractivity contribution in [2.24, 2.45) is 0 Å². The summed E-state index contributed by atoms with van der Waals surface area (Å²) in [5.74, 6) is 0.182. The van der Waals surface area contributed by atoms with E-state index < -0.39 is 5.60 Å². The second kappa shape index (κ2) is 5.52. The zero-order valence-corrected chi connectivity index (χ0v) is 11.3. The van der Waals surface area contributed by atoms with Crippen molar-refractivity contribution in [2.75, 3.05) is 6.54 Å². The molecular weight excluding hydrogens is 218 g/mol. The second-order valence-electron chi connectivity index (χ2n) is 5.71. The zero-order valence-electron chi connectivity index (χ0n) is 11.3. The largest absolute Gasteiger partial charge is 0.444 e. The zero-order chi connectivity index (χ0) is 13.1. The molecule has 1 amide bonds. The van der Waals surface area contributed by atoms with Crippen LogP contribution in [0.25, 0.3) is 0 Å². The molecule has 1 aliphatic rings. The maximum Gasteiger partial charge on any atom is 0.410 e. The molecule has 0 saturated carbocycles. The third-order valence-electron chi connectivity index (χ3n) is 2.83. The van der Waals surface area contributed by atoms with Crippen molar-refractivity contribution in [1.29, 1.82) is 0 Å². The second-order valence-corrected chi connectivity index (χ2v) is 5.71. The maximum atomic E-state index is 11.9. The van der Waals surface area contributed by atoms with Gasteiger partial charge in [0.2, 0.25) is 0 Å². The number of ether oxygens (including phenoxy) is 1. The standard InChI is InChI=1S/C13H23NO3/c1-10(15)7-8-11-6-5-9-14(11)12(16)17-13(2,3)4/h11H,5-9H2,1-4H3/t11-/m1/s1. The summed E-state index contributed by atoms with van der Waals surface area (Å²) in [6, 6.07) is 0.175. The Morgan fingerprint density at radius 1 is 1.35 bits per heavy atom. The van der Waals surface area contributed by atoms with Crippen LogP contribution in [0.5, 0.6) is 0 Å². The fourth-order valence-corrected chi connectivity index (χ4v) is 2.07. The lowest BCUT2D eigenvalue weighted by molar-refractivity contribution is -0.117.